The number of rotatable bonds is 6. The summed E-state index contributed by atoms with van der Waals surface area (Å²) in [7, 11) is 1.58. The molecule has 2 aromatic carbocycles. The number of Topliss-reactive ketones (excluding diaryl/α,β-unsaturated/α-hetero) is 1. The summed E-state index contributed by atoms with van der Waals surface area (Å²) in [5.74, 6) is 0.631. The van der Waals surface area contributed by atoms with Crippen LogP contribution >= 0.6 is 15.9 Å². The Morgan fingerprint density at radius 2 is 1.77 bits per heavy atom. The molecule has 0 spiro atoms. The second-order valence-corrected chi connectivity index (χ2v) is 7.58. The first-order chi connectivity index (χ1) is 14.5. The third-order valence-corrected chi connectivity index (χ3v) is 5.30. The second-order valence-electron chi connectivity index (χ2n) is 6.67. The Bertz CT molecular complexity index is 1250. The zero-order chi connectivity index (χ0) is 21.3. The van der Waals surface area contributed by atoms with E-state index in [1.165, 1.54) is 12.1 Å². The quantitative estimate of drug-likeness (QED) is 0.182. The number of carbonyl (C=O) groups excluding carboxylic acids is 1. The number of carbonyl (C=O) groups is 1. The van der Waals surface area contributed by atoms with E-state index in [0.717, 1.165) is 21.4 Å². The van der Waals surface area contributed by atoms with Gasteiger partial charge in [0.2, 0.25) is 5.78 Å². The molecule has 4 aromatic rings. The molecule has 2 aromatic heterocycles. The van der Waals surface area contributed by atoms with Crippen LogP contribution in [0.5, 0.6) is 5.75 Å². The summed E-state index contributed by atoms with van der Waals surface area (Å²) in [4.78, 5) is 23.5. The van der Waals surface area contributed by atoms with Crippen molar-refractivity contribution in [2.45, 2.75) is 6.54 Å². The normalized spacial score (nSPS) is 10.9. The van der Waals surface area contributed by atoms with Crippen LogP contribution in [0.15, 0.2) is 77.5 Å². The number of nitrogens with zero attached hydrogens (tertiary/aromatic N) is 3. The van der Waals surface area contributed by atoms with Gasteiger partial charge in [-0.15, -0.1) is 0 Å². The molecule has 0 radical (unpaired) electrons. The van der Waals surface area contributed by atoms with Crippen LogP contribution in [0.25, 0.3) is 16.9 Å². The number of pyridine rings is 1. The standard InChI is InChI=1S/C22H17BrN3O4/c1-30-19-9-4-16(5-10-19)21(27)14-25-20(13-24-12-17(23)6-11-22(24)25)15-2-7-18(8-3-15)26(28)29/h2-13H,14H2,1H3/q+1. The van der Waals surface area contributed by atoms with Gasteiger partial charge >= 0.3 is 0 Å². The Kier molecular flexibility index (Phi) is 5.33. The molecule has 0 N–H and O–H groups in total. The van der Waals surface area contributed by atoms with E-state index in [9.17, 15) is 14.9 Å². The number of fused-ring (bicyclic) bond motifs is 1. The first-order valence-electron chi connectivity index (χ1n) is 9.08. The molecule has 7 nitrogen and oxygen atoms in total. The number of aromatic nitrogens is 2. The number of imidazole rings is 1. The largest absolute Gasteiger partial charge is 0.497 e. The van der Waals surface area contributed by atoms with Crippen molar-refractivity contribution in [2.24, 2.45) is 0 Å². The summed E-state index contributed by atoms with van der Waals surface area (Å²) in [6, 6.07) is 17.1. The van der Waals surface area contributed by atoms with Crippen LogP contribution in [0.4, 0.5) is 5.69 Å². The third kappa shape index (κ3) is 3.81. The molecule has 30 heavy (non-hydrogen) atoms. The van der Waals surface area contributed by atoms with Crippen LogP contribution in [0.2, 0.25) is 0 Å². The van der Waals surface area contributed by atoms with Gasteiger partial charge in [0.05, 0.1) is 16.5 Å². The third-order valence-electron chi connectivity index (χ3n) is 4.83. The summed E-state index contributed by atoms with van der Waals surface area (Å²) < 4.78 is 9.87. The Balaban J connectivity index is 1.77. The van der Waals surface area contributed by atoms with Crippen LogP contribution in [0.1, 0.15) is 10.4 Å². The minimum absolute atomic E-state index is 0.0196. The smallest absolute Gasteiger partial charge is 0.287 e. The first kappa shape index (κ1) is 19.8. The predicted octanol–water partition coefficient (Wildman–Crippen LogP) is 4.46. The zero-order valence-electron chi connectivity index (χ0n) is 16.0. The molecule has 0 amide bonds. The number of halogens is 1. The summed E-state index contributed by atoms with van der Waals surface area (Å²) >= 11 is 3.47. The van der Waals surface area contributed by atoms with Gasteiger partial charge in [0.15, 0.2) is 12.2 Å². The Labute approximate surface area is 180 Å². The number of non-ortho nitro benzene ring substituents is 1. The van der Waals surface area contributed by atoms with Gasteiger partial charge in [-0.1, -0.05) is 0 Å². The number of hydrogen-bond acceptors (Lipinski definition) is 4. The highest BCUT2D eigenvalue weighted by molar-refractivity contribution is 9.10. The van der Waals surface area contributed by atoms with E-state index >= 15 is 0 Å². The minimum Gasteiger partial charge on any atom is -0.497 e. The number of methoxy groups -OCH3 is 1. The maximum absolute atomic E-state index is 13.0. The lowest BCUT2D eigenvalue weighted by molar-refractivity contribution is -0.511. The van der Waals surface area contributed by atoms with E-state index in [0.29, 0.717) is 11.3 Å². The molecule has 0 bridgehead atoms. The van der Waals surface area contributed by atoms with Gasteiger partial charge in [0, 0.05) is 29.3 Å². The SMILES string of the molecule is COc1ccc(C(=O)Cn2c(-c3ccc([N+](=O)[O-])cc3)c[n+]3cc(Br)ccc23)cc1. The van der Waals surface area contributed by atoms with Gasteiger partial charge in [-0.3, -0.25) is 14.9 Å². The van der Waals surface area contributed by atoms with E-state index in [1.54, 1.807) is 43.5 Å². The molecular weight excluding hydrogens is 450 g/mol. The second kappa shape index (κ2) is 8.08. The summed E-state index contributed by atoms with van der Waals surface area (Å²) in [5.41, 5.74) is 2.99. The van der Waals surface area contributed by atoms with Gasteiger partial charge in [-0.2, -0.15) is 0 Å². The van der Waals surface area contributed by atoms with Crippen molar-refractivity contribution >= 4 is 33.0 Å². The highest BCUT2D eigenvalue weighted by atomic mass is 79.9. The van der Waals surface area contributed by atoms with Crippen molar-refractivity contribution in [3.05, 3.63) is 93.2 Å². The molecule has 0 saturated carbocycles. The number of ether oxygens (including phenoxy) is 1. The predicted molar refractivity (Wildman–Crippen MR) is 115 cm³/mol. The topological polar surface area (TPSA) is 78.5 Å². The molecule has 0 atom stereocenters. The minimum atomic E-state index is -0.432. The molecule has 0 aliphatic rings. The van der Waals surface area contributed by atoms with Crippen molar-refractivity contribution < 1.29 is 18.9 Å². The molecule has 0 aliphatic carbocycles. The first-order valence-corrected chi connectivity index (χ1v) is 9.87. The molecular formula is C22H17BrN3O4+. The molecule has 0 aliphatic heterocycles. The van der Waals surface area contributed by atoms with Crippen LogP contribution in [0.3, 0.4) is 0 Å². The van der Waals surface area contributed by atoms with E-state index in [4.69, 9.17) is 4.74 Å². The van der Waals surface area contributed by atoms with Gasteiger partial charge < -0.3 is 4.74 Å². The van der Waals surface area contributed by atoms with Crippen molar-refractivity contribution in [2.75, 3.05) is 7.11 Å². The van der Waals surface area contributed by atoms with E-state index in [1.807, 2.05) is 33.5 Å². The number of ketones is 1. The molecule has 0 saturated heterocycles. The average molecular weight is 467 g/mol. The van der Waals surface area contributed by atoms with Gasteiger partial charge in [-0.05, 0) is 58.4 Å². The number of nitro groups is 1. The molecule has 150 valence electrons. The average Bonchev–Trinajstić information content (AvgIpc) is 3.11. The summed E-state index contributed by atoms with van der Waals surface area (Å²) in [5, 5.41) is 11.0. The summed E-state index contributed by atoms with van der Waals surface area (Å²) in [6.45, 7) is 0.122. The van der Waals surface area contributed by atoms with Crippen molar-refractivity contribution in [1.29, 1.82) is 0 Å². The zero-order valence-corrected chi connectivity index (χ0v) is 17.6. The highest BCUT2D eigenvalue weighted by Crippen LogP contribution is 2.25. The van der Waals surface area contributed by atoms with Gasteiger partial charge in [-0.25, -0.2) is 8.97 Å². The number of hydrogen-bond donors (Lipinski definition) is 0. The van der Waals surface area contributed by atoms with Gasteiger partial charge in [0.25, 0.3) is 11.3 Å². The molecule has 0 fully saturated rings. The summed E-state index contributed by atoms with van der Waals surface area (Å²) in [6.07, 6.45) is 3.81. The molecule has 0 unspecified atom stereocenters. The maximum atomic E-state index is 13.0. The Hall–Kier alpha value is -3.52. The Morgan fingerprint density at radius 1 is 1.07 bits per heavy atom. The number of nitro benzene ring substituents is 1. The molecule has 8 heteroatoms. The number of benzene rings is 2. The fourth-order valence-electron chi connectivity index (χ4n) is 3.30. The van der Waals surface area contributed by atoms with Crippen LogP contribution < -0.4 is 9.14 Å². The van der Waals surface area contributed by atoms with Crippen molar-refractivity contribution in [1.82, 2.24) is 4.57 Å². The van der Waals surface area contributed by atoms with E-state index < -0.39 is 4.92 Å². The lowest BCUT2D eigenvalue weighted by Gasteiger charge is -2.05. The Morgan fingerprint density at radius 3 is 2.40 bits per heavy atom. The van der Waals surface area contributed by atoms with Crippen LogP contribution in [-0.4, -0.2) is 22.4 Å². The molecule has 2 heterocycles. The molecule has 4 rings (SSSR count). The lowest BCUT2D eigenvalue weighted by Crippen LogP contribution is -2.20. The lowest BCUT2D eigenvalue weighted by atomic mass is 10.1. The highest BCUT2D eigenvalue weighted by Gasteiger charge is 2.23. The van der Waals surface area contributed by atoms with E-state index in [2.05, 4.69) is 15.9 Å². The fourth-order valence-corrected chi connectivity index (χ4v) is 3.65. The van der Waals surface area contributed by atoms with E-state index in [-0.39, 0.29) is 18.0 Å². The van der Waals surface area contributed by atoms with Crippen LogP contribution in [0, 0.1) is 10.1 Å². The van der Waals surface area contributed by atoms with Crippen molar-refractivity contribution in [3.63, 3.8) is 0 Å². The van der Waals surface area contributed by atoms with Crippen LogP contribution in [-0.2, 0) is 6.54 Å². The van der Waals surface area contributed by atoms with Gasteiger partial charge in [0.1, 0.15) is 18.1 Å². The van der Waals surface area contributed by atoms with Crippen molar-refractivity contribution in [3.8, 4) is 17.0 Å². The fraction of sp³-hybridized carbons (Fsp3) is 0.0909. The maximum Gasteiger partial charge on any atom is 0.287 e. The monoisotopic (exact) mass is 466 g/mol.